The summed E-state index contributed by atoms with van der Waals surface area (Å²) in [6.45, 7) is 7.62. The first-order valence-corrected chi connectivity index (χ1v) is 9.81. The van der Waals surface area contributed by atoms with Crippen LogP contribution in [0.4, 0.5) is 5.69 Å². The molecule has 0 bridgehead atoms. The van der Waals surface area contributed by atoms with Crippen LogP contribution < -0.4 is 10.7 Å². The SMILES string of the molecule is C=CCc1cccc(C=NNC(=O)C(CC)Nc2ccc(I)cc2C)c1O. The van der Waals surface area contributed by atoms with E-state index in [1.54, 1.807) is 12.1 Å². The second kappa shape index (κ2) is 10.1. The van der Waals surface area contributed by atoms with E-state index in [0.717, 1.165) is 20.4 Å². The number of aryl methyl sites for hydroxylation is 1. The summed E-state index contributed by atoms with van der Waals surface area (Å²) in [5, 5.41) is 17.5. The van der Waals surface area contributed by atoms with Gasteiger partial charge in [-0.15, -0.1) is 6.58 Å². The normalized spacial score (nSPS) is 12.0. The number of para-hydroxylation sites is 1. The fourth-order valence-electron chi connectivity index (χ4n) is 2.61. The van der Waals surface area contributed by atoms with Gasteiger partial charge in [0, 0.05) is 14.8 Å². The number of nitrogens with zero attached hydrogens (tertiary/aromatic N) is 1. The number of phenolic OH excluding ortho intramolecular Hbond substituents is 1. The first-order valence-electron chi connectivity index (χ1n) is 8.73. The Morgan fingerprint density at radius 2 is 2.15 bits per heavy atom. The van der Waals surface area contributed by atoms with Crippen LogP contribution in [0.1, 0.15) is 30.0 Å². The summed E-state index contributed by atoms with van der Waals surface area (Å²) in [6.07, 6.45) is 4.36. The number of aromatic hydroxyl groups is 1. The third-order valence-corrected chi connectivity index (χ3v) is 4.81. The van der Waals surface area contributed by atoms with Gasteiger partial charge in [-0.2, -0.15) is 5.10 Å². The van der Waals surface area contributed by atoms with Crippen LogP contribution >= 0.6 is 22.6 Å². The van der Waals surface area contributed by atoms with Gasteiger partial charge < -0.3 is 10.4 Å². The number of hydrogen-bond acceptors (Lipinski definition) is 4. The minimum Gasteiger partial charge on any atom is -0.507 e. The Labute approximate surface area is 173 Å². The Kier molecular flexibility index (Phi) is 7.84. The number of hydrogen-bond donors (Lipinski definition) is 3. The molecule has 0 aromatic heterocycles. The molecule has 0 saturated carbocycles. The number of amides is 1. The van der Waals surface area contributed by atoms with Crippen LogP contribution in [0.15, 0.2) is 54.2 Å². The van der Waals surface area contributed by atoms with E-state index in [1.165, 1.54) is 6.21 Å². The number of carbonyl (C=O) groups is 1. The third-order valence-electron chi connectivity index (χ3n) is 4.14. The van der Waals surface area contributed by atoms with E-state index in [-0.39, 0.29) is 11.7 Å². The Bertz CT molecular complexity index is 849. The molecular weight excluding hydrogens is 453 g/mol. The zero-order valence-electron chi connectivity index (χ0n) is 15.5. The van der Waals surface area contributed by atoms with E-state index < -0.39 is 6.04 Å². The lowest BCUT2D eigenvalue weighted by Crippen LogP contribution is -2.37. The molecule has 0 heterocycles. The highest BCUT2D eigenvalue weighted by atomic mass is 127. The molecule has 1 amide bonds. The third kappa shape index (κ3) is 5.82. The van der Waals surface area contributed by atoms with Crippen LogP contribution in [0.5, 0.6) is 5.75 Å². The fourth-order valence-corrected chi connectivity index (χ4v) is 3.26. The highest BCUT2D eigenvalue weighted by molar-refractivity contribution is 14.1. The Balaban J connectivity index is 2.03. The van der Waals surface area contributed by atoms with Crippen molar-refractivity contribution in [2.75, 3.05) is 5.32 Å². The summed E-state index contributed by atoms with van der Waals surface area (Å²) < 4.78 is 1.15. The number of rotatable bonds is 8. The number of phenols is 1. The molecule has 0 radical (unpaired) electrons. The summed E-state index contributed by atoms with van der Waals surface area (Å²) in [5.74, 6) is -0.0801. The molecule has 0 aliphatic carbocycles. The molecule has 2 aromatic rings. The predicted molar refractivity (Wildman–Crippen MR) is 119 cm³/mol. The topological polar surface area (TPSA) is 73.7 Å². The van der Waals surface area contributed by atoms with E-state index in [9.17, 15) is 9.90 Å². The van der Waals surface area contributed by atoms with E-state index in [0.29, 0.717) is 18.4 Å². The van der Waals surface area contributed by atoms with Gasteiger partial charge >= 0.3 is 0 Å². The van der Waals surface area contributed by atoms with Gasteiger partial charge in [0.1, 0.15) is 11.8 Å². The maximum absolute atomic E-state index is 12.4. The summed E-state index contributed by atoms with van der Waals surface area (Å²) in [7, 11) is 0. The zero-order valence-corrected chi connectivity index (χ0v) is 17.7. The maximum atomic E-state index is 12.4. The number of carbonyl (C=O) groups excluding carboxylic acids is 1. The second-order valence-corrected chi connectivity index (χ2v) is 7.39. The number of anilines is 1. The molecule has 27 heavy (non-hydrogen) atoms. The van der Waals surface area contributed by atoms with Crippen molar-refractivity contribution in [3.8, 4) is 5.75 Å². The van der Waals surface area contributed by atoms with Crippen molar-refractivity contribution < 1.29 is 9.90 Å². The van der Waals surface area contributed by atoms with E-state index in [1.807, 2.05) is 38.1 Å². The van der Waals surface area contributed by atoms with Crippen molar-refractivity contribution in [3.05, 3.63) is 69.3 Å². The monoisotopic (exact) mass is 477 g/mol. The molecule has 1 unspecified atom stereocenters. The van der Waals surface area contributed by atoms with Crippen LogP contribution in [0.25, 0.3) is 0 Å². The predicted octanol–water partition coefficient (Wildman–Crippen LogP) is 4.37. The molecule has 2 rings (SSSR count). The highest BCUT2D eigenvalue weighted by Gasteiger charge is 2.16. The largest absolute Gasteiger partial charge is 0.507 e. The molecule has 5 nitrogen and oxygen atoms in total. The minimum absolute atomic E-state index is 0.148. The average Bonchev–Trinajstić information content (AvgIpc) is 2.64. The summed E-state index contributed by atoms with van der Waals surface area (Å²) >= 11 is 2.26. The first kappa shape index (κ1) is 21.0. The number of hydrazone groups is 1. The van der Waals surface area contributed by atoms with Gasteiger partial charge in [-0.3, -0.25) is 4.79 Å². The molecule has 3 N–H and O–H groups in total. The van der Waals surface area contributed by atoms with Crippen LogP contribution in [0.2, 0.25) is 0 Å². The smallest absolute Gasteiger partial charge is 0.262 e. The number of benzene rings is 2. The maximum Gasteiger partial charge on any atom is 0.262 e. The standard InChI is InChI=1S/C21H24IN3O2/c1-4-7-15-8-6-9-16(20(15)26)13-23-25-21(27)18(5-2)24-19-11-10-17(22)12-14(19)3/h4,6,8-13,18,24,26H,1,5,7H2,2-3H3,(H,25,27). The van der Waals surface area contributed by atoms with Crippen molar-refractivity contribution in [2.24, 2.45) is 5.10 Å². The van der Waals surface area contributed by atoms with Gasteiger partial charge in [-0.05, 0) is 77.7 Å². The van der Waals surface area contributed by atoms with Crippen LogP contribution in [-0.2, 0) is 11.2 Å². The highest BCUT2D eigenvalue weighted by Crippen LogP contribution is 2.22. The second-order valence-electron chi connectivity index (χ2n) is 6.15. The number of nitrogens with one attached hydrogen (secondary N) is 2. The molecular formula is C21H24IN3O2. The first-order chi connectivity index (χ1) is 13.0. The summed E-state index contributed by atoms with van der Waals surface area (Å²) in [4.78, 5) is 12.4. The molecule has 1 atom stereocenters. The Morgan fingerprint density at radius 3 is 2.81 bits per heavy atom. The van der Waals surface area contributed by atoms with Gasteiger partial charge in [0.25, 0.3) is 5.91 Å². The van der Waals surface area contributed by atoms with Crippen LogP contribution in [0, 0.1) is 10.5 Å². The van der Waals surface area contributed by atoms with Crippen molar-refractivity contribution in [3.63, 3.8) is 0 Å². The van der Waals surface area contributed by atoms with Gasteiger partial charge in [0.15, 0.2) is 0 Å². The summed E-state index contributed by atoms with van der Waals surface area (Å²) in [6, 6.07) is 11.0. The lowest BCUT2D eigenvalue weighted by atomic mass is 10.1. The van der Waals surface area contributed by atoms with E-state index >= 15 is 0 Å². The van der Waals surface area contributed by atoms with E-state index in [4.69, 9.17) is 0 Å². The average molecular weight is 477 g/mol. The van der Waals surface area contributed by atoms with Crippen molar-refractivity contribution in [2.45, 2.75) is 32.7 Å². The lowest BCUT2D eigenvalue weighted by molar-refractivity contribution is -0.121. The fraction of sp³-hybridized carbons (Fsp3) is 0.238. The lowest BCUT2D eigenvalue weighted by Gasteiger charge is -2.18. The summed E-state index contributed by atoms with van der Waals surface area (Å²) in [5.41, 5.74) is 5.87. The van der Waals surface area contributed by atoms with Gasteiger partial charge in [0.2, 0.25) is 0 Å². The van der Waals surface area contributed by atoms with Crippen molar-refractivity contribution >= 4 is 40.4 Å². The molecule has 0 fully saturated rings. The van der Waals surface area contributed by atoms with Gasteiger partial charge in [0.05, 0.1) is 6.21 Å². The Morgan fingerprint density at radius 1 is 1.37 bits per heavy atom. The van der Waals surface area contributed by atoms with Gasteiger partial charge in [-0.1, -0.05) is 25.1 Å². The molecule has 142 valence electrons. The molecule has 2 aromatic carbocycles. The number of halogens is 1. The Hall–Kier alpha value is -2.35. The minimum atomic E-state index is -0.401. The quantitative estimate of drug-likeness (QED) is 0.229. The van der Waals surface area contributed by atoms with Gasteiger partial charge in [-0.25, -0.2) is 5.43 Å². The zero-order chi connectivity index (χ0) is 19.8. The molecule has 0 aliphatic heterocycles. The van der Waals surface area contributed by atoms with Crippen LogP contribution in [0.3, 0.4) is 0 Å². The molecule has 0 saturated heterocycles. The van der Waals surface area contributed by atoms with Crippen molar-refractivity contribution in [1.29, 1.82) is 0 Å². The molecule has 0 aliphatic rings. The molecule has 6 heteroatoms. The number of allylic oxidation sites excluding steroid dienone is 1. The van der Waals surface area contributed by atoms with Crippen molar-refractivity contribution in [1.82, 2.24) is 5.43 Å². The van der Waals surface area contributed by atoms with E-state index in [2.05, 4.69) is 51.1 Å². The van der Waals surface area contributed by atoms with Crippen LogP contribution in [-0.4, -0.2) is 23.3 Å². The molecule has 0 spiro atoms.